The molecule has 0 unspecified atom stereocenters. The summed E-state index contributed by atoms with van der Waals surface area (Å²) >= 11 is 0. The van der Waals surface area contributed by atoms with Crippen LogP contribution in [0.25, 0.3) is 0 Å². The second-order valence-corrected chi connectivity index (χ2v) is 1.39. The van der Waals surface area contributed by atoms with Gasteiger partial charge in [0.1, 0.15) is 0 Å². The molecule has 52 valence electrons. The summed E-state index contributed by atoms with van der Waals surface area (Å²) in [6, 6.07) is 0. The molecule has 2 nitrogen and oxygen atoms in total. The Kier molecular flexibility index (Phi) is 4.88. The van der Waals surface area contributed by atoms with E-state index in [-0.39, 0.29) is 0 Å². The molecule has 0 aliphatic heterocycles. The Morgan fingerprint density at radius 1 is 1.44 bits per heavy atom. The molecule has 0 aliphatic carbocycles. The quantitative estimate of drug-likeness (QED) is 0.562. The molecular weight excluding hydrogens is 112 g/mol. The summed E-state index contributed by atoms with van der Waals surface area (Å²) in [5.74, 6) is 0. The number of imidazole rings is 1. The minimum Gasteiger partial charge on any atom is -0.338 e. The maximum Gasteiger partial charge on any atom is 0.0945 e. The molecule has 0 saturated heterocycles. The van der Waals surface area contributed by atoms with Crippen molar-refractivity contribution >= 4 is 0 Å². The molecule has 1 heterocycles. The molecule has 1 aromatic heterocycles. The van der Waals surface area contributed by atoms with Crippen LogP contribution in [0, 0.1) is 0 Å². The predicted octanol–water partition coefficient (Wildman–Crippen LogP) is 1.93. The predicted molar refractivity (Wildman–Crippen MR) is 39.2 cm³/mol. The van der Waals surface area contributed by atoms with Crippen molar-refractivity contribution < 1.29 is 0 Å². The summed E-state index contributed by atoms with van der Waals surface area (Å²) in [7, 11) is 0. The van der Waals surface area contributed by atoms with Gasteiger partial charge in [0.05, 0.1) is 6.33 Å². The van der Waals surface area contributed by atoms with Crippen LogP contribution in [0.2, 0.25) is 0 Å². The van der Waals surface area contributed by atoms with Gasteiger partial charge in [-0.15, -0.1) is 0 Å². The molecule has 0 saturated carbocycles. The van der Waals surface area contributed by atoms with Crippen LogP contribution in [-0.2, 0) is 6.54 Å². The van der Waals surface area contributed by atoms with Crippen LogP contribution in [0.15, 0.2) is 18.7 Å². The molecule has 0 N–H and O–H groups in total. The second kappa shape index (κ2) is 5.35. The first kappa shape index (κ1) is 8.21. The molecule has 0 bridgehead atoms. The van der Waals surface area contributed by atoms with Crippen molar-refractivity contribution in [1.82, 2.24) is 9.55 Å². The van der Waals surface area contributed by atoms with Crippen molar-refractivity contribution in [3.05, 3.63) is 18.7 Å². The van der Waals surface area contributed by atoms with Gasteiger partial charge in [-0.1, -0.05) is 13.8 Å². The Labute approximate surface area is 56.5 Å². The first-order valence-electron chi connectivity index (χ1n) is 3.39. The van der Waals surface area contributed by atoms with Gasteiger partial charge in [-0.05, 0) is 6.92 Å². The molecule has 1 rings (SSSR count). The van der Waals surface area contributed by atoms with E-state index in [1.807, 2.05) is 24.6 Å². The van der Waals surface area contributed by atoms with Gasteiger partial charge in [-0.25, -0.2) is 4.98 Å². The van der Waals surface area contributed by atoms with Gasteiger partial charge in [-0.2, -0.15) is 0 Å². The Hall–Kier alpha value is -0.790. The first-order chi connectivity index (χ1) is 4.43. The van der Waals surface area contributed by atoms with E-state index in [0.717, 1.165) is 6.54 Å². The van der Waals surface area contributed by atoms with Gasteiger partial charge in [0, 0.05) is 18.9 Å². The highest BCUT2D eigenvalue weighted by atomic mass is 15.0. The molecule has 0 radical (unpaired) electrons. The van der Waals surface area contributed by atoms with Gasteiger partial charge in [0.25, 0.3) is 0 Å². The molecule has 2 heteroatoms. The van der Waals surface area contributed by atoms with Crippen molar-refractivity contribution in [3.8, 4) is 0 Å². The van der Waals surface area contributed by atoms with Crippen LogP contribution in [0.3, 0.4) is 0 Å². The molecule has 0 fully saturated rings. The van der Waals surface area contributed by atoms with Crippen LogP contribution in [-0.4, -0.2) is 9.55 Å². The summed E-state index contributed by atoms with van der Waals surface area (Å²) in [5.41, 5.74) is 0. The lowest BCUT2D eigenvalue weighted by atomic mass is 10.7. The zero-order valence-electron chi connectivity index (χ0n) is 6.33. The van der Waals surface area contributed by atoms with Gasteiger partial charge < -0.3 is 4.57 Å². The van der Waals surface area contributed by atoms with Crippen LogP contribution in [0.4, 0.5) is 0 Å². The minimum absolute atomic E-state index is 1.01. The third-order valence-electron chi connectivity index (χ3n) is 0.924. The van der Waals surface area contributed by atoms with Crippen LogP contribution >= 0.6 is 0 Å². The Balaban J connectivity index is 0.000000291. The average molecular weight is 126 g/mol. The fourth-order valence-corrected chi connectivity index (χ4v) is 0.474. The summed E-state index contributed by atoms with van der Waals surface area (Å²) in [6.07, 6.45) is 5.53. The molecule has 0 amide bonds. The number of nitrogens with zero attached hydrogens (tertiary/aromatic N) is 2. The van der Waals surface area contributed by atoms with E-state index in [0.29, 0.717) is 0 Å². The highest BCUT2D eigenvalue weighted by Gasteiger charge is 1.77. The summed E-state index contributed by atoms with van der Waals surface area (Å²) < 4.78 is 2.01. The largest absolute Gasteiger partial charge is 0.338 e. The summed E-state index contributed by atoms with van der Waals surface area (Å²) in [6.45, 7) is 7.10. The lowest BCUT2D eigenvalue weighted by Gasteiger charge is -1.87. The van der Waals surface area contributed by atoms with E-state index in [2.05, 4.69) is 11.9 Å². The van der Waals surface area contributed by atoms with Crippen molar-refractivity contribution in [1.29, 1.82) is 0 Å². The van der Waals surface area contributed by atoms with Crippen LogP contribution in [0.1, 0.15) is 20.8 Å². The Morgan fingerprint density at radius 3 is 2.33 bits per heavy atom. The number of aryl methyl sites for hydroxylation is 1. The van der Waals surface area contributed by atoms with Gasteiger partial charge in [0.15, 0.2) is 0 Å². The lowest BCUT2D eigenvalue weighted by molar-refractivity contribution is 0.761. The zero-order chi connectivity index (χ0) is 7.11. The third kappa shape index (κ3) is 2.90. The van der Waals surface area contributed by atoms with Crippen molar-refractivity contribution in [2.75, 3.05) is 0 Å². The monoisotopic (exact) mass is 126 g/mol. The zero-order valence-corrected chi connectivity index (χ0v) is 6.33. The molecule has 0 aliphatic rings. The maximum atomic E-state index is 3.86. The molecule has 9 heavy (non-hydrogen) atoms. The minimum atomic E-state index is 1.01. The number of aromatic nitrogens is 2. The smallest absolute Gasteiger partial charge is 0.0945 e. The van der Waals surface area contributed by atoms with Crippen LogP contribution < -0.4 is 0 Å². The standard InChI is InChI=1S/C5H8N2.C2H6/c1-2-7-4-3-6-5-7;1-2/h3-5H,2H2,1H3;1-2H3. The topological polar surface area (TPSA) is 17.8 Å². The van der Waals surface area contributed by atoms with Gasteiger partial charge >= 0.3 is 0 Å². The van der Waals surface area contributed by atoms with E-state index in [1.54, 1.807) is 12.5 Å². The molecule has 0 spiro atoms. The summed E-state index contributed by atoms with van der Waals surface area (Å²) in [4.78, 5) is 3.86. The Morgan fingerprint density at radius 2 is 2.11 bits per heavy atom. The highest BCUT2D eigenvalue weighted by Crippen LogP contribution is 1.81. The van der Waals surface area contributed by atoms with E-state index >= 15 is 0 Å². The van der Waals surface area contributed by atoms with E-state index in [9.17, 15) is 0 Å². The SMILES string of the molecule is CC.CCn1ccnc1. The summed E-state index contributed by atoms with van der Waals surface area (Å²) in [5, 5.41) is 0. The molecular formula is C7H14N2. The van der Waals surface area contributed by atoms with Crippen molar-refractivity contribution in [2.45, 2.75) is 27.3 Å². The molecule has 0 aromatic carbocycles. The average Bonchev–Trinajstić information content (AvgIpc) is 2.43. The number of rotatable bonds is 1. The van der Waals surface area contributed by atoms with E-state index in [4.69, 9.17) is 0 Å². The normalized spacial score (nSPS) is 7.89. The second-order valence-electron chi connectivity index (χ2n) is 1.39. The molecule has 0 atom stereocenters. The van der Waals surface area contributed by atoms with Crippen molar-refractivity contribution in [3.63, 3.8) is 0 Å². The number of hydrogen-bond donors (Lipinski definition) is 0. The van der Waals surface area contributed by atoms with E-state index < -0.39 is 0 Å². The van der Waals surface area contributed by atoms with Gasteiger partial charge in [0.2, 0.25) is 0 Å². The van der Waals surface area contributed by atoms with Crippen LogP contribution in [0.5, 0.6) is 0 Å². The van der Waals surface area contributed by atoms with Gasteiger partial charge in [-0.3, -0.25) is 0 Å². The molecule has 1 aromatic rings. The third-order valence-corrected chi connectivity index (χ3v) is 0.924. The lowest BCUT2D eigenvalue weighted by Crippen LogP contribution is -1.85. The number of hydrogen-bond acceptors (Lipinski definition) is 1. The first-order valence-corrected chi connectivity index (χ1v) is 3.39. The fourth-order valence-electron chi connectivity index (χ4n) is 0.474. The Bertz CT molecular complexity index is 121. The maximum absolute atomic E-state index is 3.86. The fraction of sp³-hybridized carbons (Fsp3) is 0.571. The van der Waals surface area contributed by atoms with E-state index in [1.165, 1.54) is 0 Å². The van der Waals surface area contributed by atoms with Crippen molar-refractivity contribution in [2.24, 2.45) is 0 Å². The highest BCUT2D eigenvalue weighted by molar-refractivity contribution is 4.72.